The lowest BCUT2D eigenvalue weighted by Gasteiger charge is -2.38. The van der Waals surface area contributed by atoms with Gasteiger partial charge in [-0.3, -0.25) is 14.6 Å². The SMILES string of the molecule is CC(C)(C)C1(N)CC1.CC(C)(C)CN.CC(C)(C)N1CC(CN)OC1=O.CC(C)(C)N1CCNCC1=O.CC(C)(C)N1C[C@H]2CCCC[C@H]2C1. The molecule has 296 valence electrons. The molecule has 0 bridgehead atoms. The summed E-state index contributed by atoms with van der Waals surface area (Å²) in [4.78, 5) is 28.8. The minimum Gasteiger partial charge on any atom is -0.443 e. The van der Waals surface area contributed by atoms with Gasteiger partial charge in [-0.05, 0) is 117 Å². The Morgan fingerprint density at radius 3 is 1.44 bits per heavy atom. The van der Waals surface area contributed by atoms with Gasteiger partial charge in [0.15, 0.2) is 0 Å². The molecule has 7 N–H and O–H groups in total. The molecule has 1 unspecified atom stereocenters. The number of amides is 2. The third-order valence-electron chi connectivity index (χ3n) is 10.7. The van der Waals surface area contributed by atoms with Crippen LogP contribution in [0.25, 0.3) is 0 Å². The maximum Gasteiger partial charge on any atom is 0.410 e. The van der Waals surface area contributed by atoms with E-state index in [1.165, 1.54) is 51.6 Å². The van der Waals surface area contributed by atoms with Gasteiger partial charge in [-0.25, -0.2) is 4.79 Å². The minimum absolute atomic E-state index is 0.0147. The fourth-order valence-corrected chi connectivity index (χ4v) is 6.35. The van der Waals surface area contributed by atoms with Crippen LogP contribution in [0.5, 0.6) is 0 Å². The number of likely N-dealkylation sites (tertiary alicyclic amines) is 1. The molecule has 3 atom stereocenters. The van der Waals surface area contributed by atoms with Crippen LogP contribution in [0.1, 0.15) is 142 Å². The summed E-state index contributed by atoms with van der Waals surface area (Å²) in [6, 6.07) is 0. The van der Waals surface area contributed by atoms with E-state index in [4.69, 9.17) is 21.9 Å². The van der Waals surface area contributed by atoms with Gasteiger partial charge in [-0.15, -0.1) is 0 Å². The van der Waals surface area contributed by atoms with E-state index in [1.807, 2.05) is 25.7 Å². The molecule has 0 aromatic carbocycles. The zero-order valence-electron chi connectivity index (χ0n) is 35.4. The highest BCUT2D eigenvalue weighted by Crippen LogP contribution is 2.47. The van der Waals surface area contributed by atoms with Gasteiger partial charge in [-0.2, -0.15) is 0 Å². The number of cyclic esters (lactones) is 1. The molecule has 2 aliphatic carbocycles. The van der Waals surface area contributed by atoms with Crippen molar-refractivity contribution in [2.45, 2.75) is 171 Å². The quantitative estimate of drug-likeness (QED) is 0.252. The van der Waals surface area contributed by atoms with Gasteiger partial charge in [0, 0.05) is 54.9 Å². The largest absolute Gasteiger partial charge is 0.443 e. The number of ether oxygens (including phenoxy) is 1. The Labute approximate surface area is 308 Å². The second-order valence-corrected chi connectivity index (χ2v) is 20.5. The Balaban J connectivity index is 0.000000320. The highest BCUT2D eigenvalue weighted by molar-refractivity contribution is 5.79. The third kappa shape index (κ3) is 16.1. The summed E-state index contributed by atoms with van der Waals surface area (Å²) < 4.78 is 5.01. The summed E-state index contributed by atoms with van der Waals surface area (Å²) in [5.41, 5.74) is 17.7. The van der Waals surface area contributed by atoms with Crippen molar-refractivity contribution in [3.8, 4) is 0 Å². The minimum atomic E-state index is -0.252. The van der Waals surface area contributed by atoms with E-state index in [-0.39, 0.29) is 34.7 Å². The molecule has 0 aromatic heterocycles. The zero-order valence-corrected chi connectivity index (χ0v) is 35.4. The molecule has 5 rings (SSSR count). The lowest BCUT2D eigenvalue weighted by molar-refractivity contribution is -0.136. The molecule has 0 spiro atoms. The van der Waals surface area contributed by atoms with Crippen molar-refractivity contribution in [3.05, 3.63) is 0 Å². The van der Waals surface area contributed by atoms with Crippen molar-refractivity contribution >= 4 is 12.0 Å². The zero-order chi connectivity index (χ0) is 38.9. The number of rotatable bonds is 1. The van der Waals surface area contributed by atoms with Crippen LogP contribution in [0.2, 0.25) is 0 Å². The number of nitrogens with two attached hydrogens (primary N) is 3. The van der Waals surface area contributed by atoms with Crippen molar-refractivity contribution in [2.24, 2.45) is 39.9 Å². The number of carbonyl (C=O) groups excluding carboxylic acids is 2. The monoisotopic (exact) mass is 710 g/mol. The molecule has 5 fully saturated rings. The number of carbonyl (C=O) groups is 2. The molecule has 3 heterocycles. The summed E-state index contributed by atoms with van der Waals surface area (Å²) in [5, 5.41) is 3.05. The Bertz CT molecular complexity index is 1010. The number of nitrogens with one attached hydrogen (secondary N) is 1. The summed E-state index contributed by atoms with van der Waals surface area (Å²) in [5.74, 6) is 2.28. The second-order valence-electron chi connectivity index (χ2n) is 20.5. The molecule has 3 saturated heterocycles. The molecule has 5 aliphatic rings. The first kappa shape index (κ1) is 46.6. The standard InChI is InChI=1S/C12H23N.C8H16N2O2.C8H16N2O.C7H15N.C5H13N/c1-12(2,3)13-8-10-6-4-5-7-11(10)9-13;1-8(2,3)10-5-6(4-9)12-7(10)11;1-8(2,3)10-5-4-9-6-7(10)11;1-6(2,3)7(8)4-5-7;1-5(2,3)4-6/h10-11H,4-9H2,1-3H3;6H,4-5,9H2,1-3H3;9H,4-6H2,1-3H3;4-5,8H2,1-3H3;4,6H2,1-3H3/t10-,11+;;;;. The average Bonchev–Trinajstić information content (AvgIpc) is 3.41. The maximum atomic E-state index is 11.3. The maximum absolute atomic E-state index is 11.3. The first-order valence-corrected chi connectivity index (χ1v) is 19.5. The van der Waals surface area contributed by atoms with Crippen molar-refractivity contribution in [3.63, 3.8) is 0 Å². The van der Waals surface area contributed by atoms with Crippen LogP contribution in [0.3, 0.4) is 0 Å². The number of nitrogens with zero attached hydrogens (tertiary/aromatic N) is 3. The number of hydrogen-bond donors (Lipinski definition) is 4. The molecule has 3 aliphatic heterocycles. The Hall–Kier alpha value is -1.46. The normalized spacial score (nSPS) is 25.4. The average molecular weight is 710 g/mol. The topological polar surface area (TPSA) is 143 Å². The fraction of sp³-hybridized carbons (Fsp3) is 0.950. The third-order valence-corrected chi connectivity index (χ3v) is 10.7. The lowest BCUT2D eigenvalue weighted by Crippen LogP contribution is -2.55. The van der Waals surface area contributed by atoms with Gasteiger partial charge in [-0.1, -0.05) is 54.4 Å². The van der Waals surface area contributed by atoms with Crippen LogP contribution in [0, 0.1) is 22.7 Å². The molecular weight excluding hydrogens is 626 g/mol. The first-order chi connectivity index (χ1) is 22.6. The molecule has 50 heavy (non-hydrogen) atoms. The van der Waals surface area contributed by atoms with Gasteiger partial charge in [0.25, 0.3) is 0 Å². The van der Waals surface area contributed by atoms with Crippen LogP contribution >= 0.6 is 0 Å². The van der Waals surface area contributed by atoms with E-state index in [0.29, 0.717) is 36.0 Å². The van der Waals surface area contributed by atoms with Crippen molar-refractivity contribution in [1.82, 2.24) is 20.0 Å². The van der Waals surface area contributed by atoms with Crippen molar-refractivity contribution in [2.75, 3.05) is 52.4 Å². The Morgan fingerprint density at radius 2 is 1.20 bits per heavy atom. The van der Waals surface area contributed by atoms with Gasteiger partial charge in [0.1, 0.15) is 6.10 Å². The Kier molecular flexibility index (Phi) is 17.3. The van der Waals surface area contributed by atoms with Gasteiger partial charge >= 0.3 is 6.09 Å². The van der Waals surface area contributed by atoms with Crippen LogP contribution in [-0.4, -0.2) is 107 Å². The highest BCUT2D eigenvalue weighted by Gasteiger charge is 2.48. The van der Waals surface area contributed by atoms with E-state index in [0.717, 1.165) is 31.5 Å². The second kappa shape index (κ2) is 18.5. The van der Waals surface area contributed by atoms with Crippen molar-refractivity contribution < 1.29 is 14.3 Å². The fourth-order valence-electron chi connectivity index (χ4n) is 6.35. The predicted octanol–water partition coefficient (Wildman–Crippen LogP) is 6.20. The molecule has 2 amide bonds. The number of piperazine rings is 1. The predicted molar refractivity (Wildman–Crippen MR) is 211 cm³/mol. The number of hydrogen-bond acceptors (Lipinski definition) is 8. The van der Waals surface area contributed by atoms with Crippen LogP contribution in [-0.2, 0) is 9.53 Å². The van der Waals surface area contributed by atoms with E-state index < -0.39 is 0 Å². The lowest BCUT2D eigenvalue weighted by atomic mass is 9.82. The summed E-state index contributed by atoms with van der Waals surface area (Å²) in [7, 11) is 0. The van der Waals surface area contributed by atoms with Crippen LogP contribution in [0.4, 0.5) is 4.79 Å². The van der Waals surface area contributed by atoms with Crippen LogP contribution < -0.4 is 22.5 Å². The molecule has 10 nitrogen and oxygen atoms in total. The van der Waals surface area contributed by atoms with Gasteiger partial charge < -0.3 is 32.2 Å². The van der Waals surface area contributed by atoms with E-state index in [1.54, 1.807) is 4.90 Å². The molecule has 10 heteroatoms. The highest BCUT2D eigenvalue weighted by atomic mass is 16.6. The summed E-state index contributed by atoms with van der Waals surface area (Å²) >= 11 is 0. The van der Waals surface area contributed by atoms with Crippen molar-refractivity contribution in [1.29, 1.82) is 0 Å². The molecule has 0 aromatic rings. The van der Waals surface area contributed by atoms with Gasteiger partial charge in [0.05, 0.1) is 13.1 Å². The molecular formula is C40H83N7O3. The molecule has 2 saturated carbocycles. The smallest absolute Gasteiger partial charge is 0.410 e. The first-order valence-electron chi connectivity index (χ1n) is 19.5. The number of fused-ring (bicyclic) bond motifs is 1. The van der Waals surface area contributed by atoms with E-state index in [2.05, 4.69) is 93.3 Å². The van der Waals surface area contributed by atoms with E-state index in [9.17, 15) is 9.59 Å². The Morgan fingerprint density at radius 1 is 0.740 bits per heavy atom. The van der Waals surface area contributed by atoms with Gasteiger partial charge in [0.2, 0.25) is 5.91 Å². The van der Waals surface area contributed by atoms with Crippen LogP contribution in [0.15, 0.2) is 0 Å². The molecule has 0 radical (unpaired) electrons. The summed E-state index contributed by atoms with van der Waals surface area (Å²) in [6.07, 6.45) is 8.02. The van der Waals surface area contributed by atoms with E-state index >= 15 is 0 Å². The summed E-state index contributed by atoms with van der Waals surface area (Å²) in [6.45, 7) is 38.9.